The Hall–Kier alpha value is -4.21. The summed E-state index contributed by atoms with van der Waals surface area (Å²) in [5, 5.41) is 10.1. The van der Waals surface area contributed by atoms with Gasteiger partial charge in [0.2, 0.25) is 15.7 Å². The average molecular weight is 643 g/mol. The lowest BCUT2D eigenvalue weighted by Crippen LogP contribution is -2.54. The van der Waals surface area contributed by atoms with E-state index in [2.05, 4.69) is 9.72 Å². The van der Waals surface area contributed by atoms with E-state index in [0.717, 1.165) is 13.2 Å². The van der Waals surface area contributed by atoms with Crippen LogP contribution in [0.4, 0.5) is 26.3 Å². The van der Waals surface area contributed by atoms with Crippen LogP contribution in [-0.4, -0.2) is 37.3 Å². The van der Waals surface area contributed by atoms with E-state index in [9.17, 15) is 44.7 Å². The van der Waals surface area contributed by atoms with Crippen LogP contribution < -0.4 is 9.46 Å². The SMILES string of the molecule is CCC(O)(NS(=O)(=O)c1ccc(-c2ccc(COc3cc(C(F)(F)F)nc4c(C(F)(F)F)cccc34)cc2)cc1)C(=O)OC. The van der Waals surface area contributed by atoms with Gasteiger partial charge in [-0.3, -0.25) is 0 Å². The van der Waals surface area contributed by atoms with Crippen molar-refractivity contribution in [2.24, 2.45) is 0 Å². The topological polar surface area (TPSA) is 115 Å². The smallest absolute Gasteiger partial charge is 0.433 e. The van der Waals surface area contributed by atoms with Gasteiger partial charge in [-0.15, -0.1) is 0 Å². The summed E-state index contributed by atoms with van der Waals surface area (Å²) >= 11 is 0. The number of fused-ring (bicyclic) bond motifs is 1. The molecule has 0 aliphatic carbocycles. The molecule has 15 heteroatoms. The summed E-state index contributed by atoms with van der Waals surface area (Å²) in [6, 6.07) is 15.3. The molecule has 234 valence electrons. The lowest BCUT2D eigenvalue weighted by atomic mass is 10.0. The Morgan fingerprint density at radius 1 is 0.909 bits per heavy atom. The van der Waals surface area contributed by atoms with E-state index in [0.29, 0.717) is 28.8 Å². The van der Waals surface area contributed by atoms with Gasteiger partial charge in [0.1, 0.15) is 18.1 Å². The van der Waals surface area contributed by atoms with Crippen molar-refractivity contribution in [3.05, 3.63) is 89.6 Å². The van der Waals surface area contributed by atoms with Crippen molar-refractivity contribution < 1.29 is 54.1 Å². The summed E-state index contributed by atoms with van der Waals surface area (Å²) in [4.78, 5) is 14.8. The summed E-state index contributed by atoms with van der Waals surface area (Å²) in [7, 11) is -3.32. The van der Waals surface area contributed by atoms with Crippen molar-refractivity contribution in [1.29, 1.82) is 0 Å². The number of ether oxygens (including phenoxy) is 2. The van der Waals surface area contributed by atoms with Gasteiger partial charge in [-0.25, -0.2) is 18.2 Å². The Kier molecular flexibility index (Phi) is 8.96. The number of alkyl halides is 6. The first-order valence-electron chi connectivity index (χ1n) is 12.7. The van der Waals surface area contributed by atoms with E-state index < -0.39 is 56.6 Å². The van der Waals surface area contributed by atoms with Gasteiger partial charge < -0.3 is 14.6 Å². The standard InChI is InChI=1S/C29H24F6N2O6S/c1-3-27(39,26(38)42-2)37-44(40,41)20-13-11-19(12-14-20)18-9-7-17(8-10-18)16-43-23-15-24(29(33,34)35)36-25-21(23)5-4-6-22(25)28(30,31)32/h4-15,37,39H,3,16H2,1-2H3. The summed E-state index contributed by atoms with van der Waals surface area (Å²) < 4.78 is 118. The highest BCUT2D eigenvalue weighted by atomic mass is 32.2. The zero-order chi connectivity index (χ0) is 32.5. The molecule has 0 aliphatic rings. The lowest BCUT2D eigenvalue weighted by Gasteiger charge is -2.24. The minimum Gasteiger partial charge on any atom is -0.488 e. The number of carbonyl (C=O) groups excluding carboxylic acids is 1. The van der Waals surface area contributed by atoms with Gasteiger partial charge in [-0.1, -0.05) is 49.4 Å². The number of esters is 1. The largest absolute Gasteiger partial charge is 0.488 e. The number of halogens is 6. The number of methoxy groups -OCH3 is 1. The summed E-state index contributed by atoms with van der Waals surface area (Å²) in [5.41, 5.74) is -4.53. The van der Waals surface area contributed by atoms with Crippen molar-refractivity contribution >= 4 is 26.9 Å². The third-order valence-electron chi connectivity index (χ3n) is 6.58. The highest BCUT2D eigenvalue weighted by Crippen LogP contribution is 2.40. The van der Waals surface area contributed by atoms with Crippen molar-refractivity contribution in [3.8, 4) is 16.9 Å². The molecule has 3 aromatic carbocycles. The van der Waals surface area contributed by atoms with Gasteiger partial charge in [0.25, 0.3) is 0 Å². The predicted octanol–water partition coefficient (Wildman–Crippen LogP) is 6.07. The molecule has 1 aromatic heterocycles. The lowest BCUT2D eigenvalue weighted by molar-refractivity contribution is -0.164. The van der Waals surface area contributed by atoms with E-state index in [1.165, 1.54) is 37.3 Å². The molecule has 0 radical (unpaired) electrons. The molecule has 0 spiro atoms. The minimum absolute atomic E-state index is 0.237. The number of nitrogens with zero attached hydrogens (tertiary/aromatic N) is 1. The van der Waals surface area contributed by atoms with Crippen LogP contribution in [0.1, 0.15) is 30.2 Å². The molecule has 0 aliphatic heterocycles. The first-order valence-corrected chi connectivity index (χ1v) is 14.2. The Morgan fingerprint density at radius 2 is 1.50 bits per heavy atom. The number of aliphatic hydroxyl groups is 1. The van der Waals surface area contributed by atoms with Crippen LogP contribution in [0.5, 0.6) is 5.75 Å². The van der Waals surface area contributed by atoms with Gasteiger partial charge >= 0.3 is 18.3 Å². The highest BCUT2D eigenvalue weighted by Gasteiger charge is 2.40. The summed E-state index contributed by atoms with van der Waals surface area (Å²) in [6.07, 6.45) is -10.2. The Bertz CT molecular complexity index is 1780. The fraction of sp³-hybridized carbons (Fsp3) is 0.241. The van der Waals surface area contributed by atoms with E-state index in [1.807, 2.05) is 4.72 Å². The molecular formula is C29H24F6N2O6S. The van der Waals surface area contributed by atoms with Crippen LogP contribution >= 0.6 is 0 Å². The fourth-order valence-electron chi connectivity index (χ4n) is 4.20. The van der Waals surface area contributed by atoms with Gasteiger partial charge in [-0.05, 0) is 47.4 Å². The molecule has 1 heterocycles. The van der Waals surface area contributed by atoms with Crippen LogP contribution in [0.2, 0.25) is 0 Å². The fourth-order valence-corrected chi connectivity index (χ4v) is 5.48. The second-order valence-electron chi connectivity index (χ2n) is 9.52. The molecule has 2 N–H and O–H groups in total. The number of benzene rings is 3. The minimum atomic E-state index is -5.02. The van der Waals surface area contributed by atoms with Crippen molar-refractivity contribution in [1.82, 2.24) is 9.71 Å². The molecule has 4 aromatic rings. The Morgan fingerprint density at radius 3 is 2.02 bits per heavy atom. The molecule has 44 heavy (non-hydrogen) atoms. The van der Waals surface area contributed by atoms with E-state index in [4.69, 9.17) is 4.74 Å². The van der Waals surface area contributed by atoms with Crippen LogP contribution in [0, 0.1) is 0 Å². The third-order valence-corrected chi connectivity index (χ3v) is 8.08. The van der Waals surface area contributed by atoms with E-state index >= 15 is 0 Å². The van der Waals surface area contributed by atoms with Gasteiger partial charge in [0.15, 0.2) is 0 Å². The number of nitrogens with one attached hydrogen (secondary N) is 1. The van der Waals surface area contributed by atoms with Gasteiger partial charge in [-0.2, -0.15) is 31.1 Å². The first-order chi connectivity index (χ1) is 20.5. The molecule has 1 unspecified atom stereocenters. The normalized spacial score (nSPS) is 13.8. The molecule has 0 amide bonds. The van der Waals surface area contributed by atoms with Crippen molar-refractivity contribution in [3.63, 3.8) is 0 Å². The number of hydrogen-bond acceptors (Lipinski definition) is 7. The third kappa shape index (κ3) is 6.95. The molecule has 0 fully saturated rings. The highest BCUT2D eigenvalue weighted by molar-refractivity contribution is 7.89. The zero-order valence-electron chi connectivity index (χ0n) is 23.0. The number of hydrogen-bond donors (Lipinski definition) is 2. The monoisotopic (exact) mass is 642 g/mol. The van der Waals surface area contributed by atoms with Crippen LogP contribution in [0.3, 0.4) is 0 Å². The summed E-state index contributed by atoms with van der Waals surface area (Å²) in [6.45, 7) is 1.11. The van der Waals surface area contributed by atoms with Crippen LogP contribution in [0.15, 0.2) is 77.7 Å². The second kappa shape index (κ2) is 12.1. The molecular weight excluding hydrogens is 618 g/mol. The van der Waals surface area contributed by atoms with Crippen molar-refractivity contribution in [2.45, 2.75) is 42.9 Å². The van der Waals surface area contributed by atoms with E-state index in [-0.39, 0.29) is 23.3 Å². The predicted molar refractivity (Wildman–Crippen MR) is 146 cm³/mol. The Labute approximate surface area is 247 Å². The first kappa shape index (κ1) is 32.7. The summed E-state index contributed by atoms with van der Waals surface area (Å²) in [5.74, 6) is -1.60. The van der Waals surface area contributed by atoms with Crippen molar-refractivity contribution in [2.75, 3.05) is 7.11 Å². The molecule has 4 rings (SSSR count). The van der Waals surface area contributed by atoms with Crippen LogP contribution in [0.25, 0.3) is 22.0 Å². The number of pyridine rings is 1. The maximum absolute atomic E-state index is 13.5. The van der Waals surface area contributed by atoms with E-state index in [1.54, 1.807) is 24.3 Å². The Balaban J connectivity index is 1.54. The van der Waals surface area contributed by atoms with Gasteiger partial charge in [0, 0.05) is 11.5 Å². The quantitative estimate of drug-likeness (QED) is 0.129. The molecule has 0 bridgehead atoms. The number of carbonyl (C=O) groups is 1. The molecule has 8 nitrogen and oxygen atoms in total. The van der Waals surface area contributed by atoms with Gasteiger partial charge in [0.05, 0.1) is 23.1 Å². The maximum Gasteiger partial charge on any atom is 0.433 e. The maximum atomic E-state index is 13.5. The number of sulfonamides is 1. The average Bonchev–Trinajstić information content (AvgIpc) is 2.98. The molecule has 0 saturated heterocycles. The zero-order valence-corrected chi connectivity index (χ0v) is 23.8. The second-order valence-corrected chi connectivity index (χ2v) is 11.2. The molecule has 0 saturated carbocycles. The number of rotatable bonds is 9. The number of aromatic nitrogens is 1. The number of para-hydroxylation sites is 1. The molecule has 1 atom stereocenters. The van der Waals surface area contributed by atoms with Crippen LogP contribution in [-0.2, 0) is 38.5 Å².